The van der Waals surface area contributed by atoms with Gasteiger partial charge in [0.05, 0.1) is 32.9 Å². The molecule has 1 aliphatic rings. The zero-order valence-corrected chi connectivity index (χ0v) is 17.4. The van der Waals surface area contributed by atoms with E-state index in [1.807, 2.05) is 30.3 Å². The van der Waals surface area contributed by atoms with Gasteiger partial charge < -0.3 is 24.1 Å². The Morgan fingerprint density at radius 2 is 1.73 bits per heavy atom. The molecule has 0 aliphatic carbocycles. The van der Waals surface area contributed by atoms with E-state index in [9.17, 15) is 9.59 Å². The zero-order valence-electron chi connectivity index (χ0n) is 17.4. The number of nitrogens with zero attached hydrogens (tertiary/aromatic N) is 1. The fourth-order valence-electron chi connectivity index (χ4n) is 4.15. The van der Waals surface area contributed by atoms with Gasteiger partial charge in [-0.3, -0.25) is 9.59 Å². The molecule has 7 heteroatoms. The van der Waals surface area contributed by atoms with Crippen LogP contribution in [0.4, 0.5) is 0 Å². The molecule has 1 unspecified atom stereocenters. The normalized spacial score (nSPS) is 15.6. The fraction of sp³-hybridized carbons (Fsp3) is 0.304. The molecule has 1 atom stereocenters. The summed E-state index contributed by atoms with van der Waals surface area (Å²) in [7, 11) is 4.74. The third-order valence-electron chi connectivity index (χ3n) is 5.65. The van der Waals surface area contributed by atoms with Crippen LogP contribution in [0.3, 0.4) is 0 Å². The maximum atomic E-state index is 13.1. The van der Waals surface area contributed by atoms with E-state index in [0.717, 1.165) is 16.5 Å². The zero-order chi connectivity index (χ0) is 21.4. The lowest BCUT2D eigenvalue weighted by Gasteiger charge is -2.37. The van der Waals surface area contributed by atoms with Gasteiger partial charge in [-0.1, -0.05) is 0 Å². The molecule has 2 heterocycles. The van der Waals surface area contributed by atoms with Gasteiger partial charge in [-0.05, 0) is 53.3 Å². The molecule has 0 fully saturated rings. The molecular weight excluding hydrogens is 384 g/mol. The number of pyridine rings is 1. The molecule has 156 valence electrons. The number of benzene rings is 2. The van der Waals surface area contributed by atoms with Crippen LogP contribution in [0.2, 0.25) is 0 Å². The highest BCUT2D eigenvalue weighted by molar-refractivity contribution is 5.81. The quantitative estimate of drug-likeness (QED) is 0.718. The topological polar surface area (TPSA) is 80.9 Å². The molecule has 2 aromatic carbocycles. The molecule has 3 aromatic rings. The number of hydrogen-bond donors (Lipinski definition) is 1. The number of hydrogen-bond acceptors (Lipinski definition) is 5. The first-order valence-corrected chi connectivity index (χ1v) is 9.69. The van der Waals surface area contributed by atoms with Crippen molar-refractivity contribution in [1.29, 1.82) is 0 Å². The summed E-state index contributed by atoms with van der Waals surface area (Å²) >= 11 is 0. The van der Waals surface area contributed by atoms with Crippen molar-refractivity contribution in [2.24, 2.45) is 0 Å². The summed E-state index contributed by atoms with van der Waals surface area (Å²) in [5.41, 5.74) is 2.85. The summed E-state index contributed by atoms with van der Waals surface area (Å²) in [6, 6.07) is 10.7. The van der Waals surface area contributed by atoms with Crippen LogP contribution in [0.15, 0.2) is 41.2 Å². The Bertz CT molecular complexity index is 1180. The predicted molar refractivity (Wildman–Crippen MR) is 114 cm³/mol. The third-order valence-corrected chi connectivity index (χ3v) is 5.65. The highest BCUT2D eigenvalue weighted by Crippen LogP contribution is 2.40. The van der Waals surface area contributed by atoms with Crippen molar-refractivity contribution in [3.05, 3.63) is 63.4 Å². The number of carbonyl (C=O) groups is 1. The van der Waals surface area contributed by atoms with Gasteiger partial charge in [-0.15, -0.1) is 0 Å². The molecule has 0 spiro atoms. The summed E-state index contributed by atoms with van der Waals surface area (Å²) < 4.78 is 16.2. The van der Waals surface area contributed by atoms with E-state index in [4.69, 9.17) is 14.2 Å². The van der Waals surface area contributed by atoms with Gasteiger partial charge >= 0.3 is 0 Å². The van der Waals surface area contributed by atoms with E-state index in [2.05, 4.69) is 4.98 Å². The van der Waals surface area contributed by atoms with E-state index < -0.39 is 6.04 Å². The van der Waals surface area contributed by atoms with E-state index in [1.165, 1.54) is 6.92 Å². The number of aromatic nitrogens is 1. The van der Waals surface area contributed by atoms with E-state index in [-0.39, 0.29) is 11.5 Å². The Hall–Kier alpha value is -3.48. The Morgan fingerprint density at radius 1 is 1.00 bits per heavy atom. The van der Waals surface area contributed by atoms with Crippen LogP contribution in [-0.4, -0.2) is 43.7 Å². The van der Waals surface area contributed by atoms with Gasteiger partial charge in [0.1, 0.15) is 5.75 Å². The molecule has 30 heavy (non-hydrogen) atoms. The van der Waals surface area contributed by atoms with E-state index in [0.29, 0.717) is 41.3 Å². The van der Waals surface area contributed by atoms with Gasteiger partial charge in [0.15, 0.2) is 11.5 Å². The SMILES string of the molecule is COc1ccc2cc(C3c4cc(OC)c(OC)cc4CCN3C(C)=O)c(=O)[nH]c2c1. The van der Waals surface area contributed by atoms with Crippen LogP contribution in [0.25, 0.3) is 10.9 Å². The van der Waals surface area contributed by atoms with Gasteiger partial charge in [0.2, 0.25) is 5.91 Å². The van der Waals surface area contributed by atoms with Crippen LogP contribution < -0.4 is 19.8 Å². The van der Waals surface area contributed by atoms with Crippen molar-refractivity contribution in [2.45, 2.75) is 19.4 Å². The maximum absolute atomic E-state index is 13.1. The molecule has 1 aromatic heterocycles. The second kappa shape index (κ2) is 7.74. The lowest BCUT2D eigenvalue weighted by molar-refractivity contribution is -0.130. The monoisotopic (exact) mass is 408 g/mol. The molecule has 7 nitrogen and oxygen atoms in total. The Balaban J connectivity index is 1.94. The minimum atomic E-state index is -0.513. The Kier molecular flexibility index (Phi) is 5.11. The van der Waals surface area contributed by atoms with Gasteiger partial charge in [-0.25, -0.2) is 0 Å². The second-order valence-corrected chi connectivity index (χ2v) is 7.28. The first kappa shape index (κ1) is 19.8. The number of ether oxygens (including phenoxy) is 3. The molecule has 0 bridgehead atoms. The van der Waals surface area contributed by atoms with Crippen LogP contribution in [0, 0.1) is 0 Å². The maximum Gasteiger partial charge on any atom is 0.254 e. The van der Waals surface area contributed by atoms with E-state index in [1.54, 1.807) is 32.3 Å². The van der Waals surface area contributed by atoms with Crippen LogP contribution in [0.1, 0.15) is 29.7 Å². The van der Waals surface area contributed by atoms with E-state index >= 15 is 0 Å². The first-order chi connectivity index (χ1) is 14.5. The van der Waals surface area contributed by atoms with Gasteiger partial charge in [-0.2, -0.15) is 0 Å². The lowest BCUT2D eigenvalue weighted by atomic mass is 9.87. The molecular formula is C23H24N2O5. The molecule has 1 aliphatic heterocycles. The van der Waals surface area contributed by atoms with Crippen molar-refractivity contribution >= 4 is 16.8 Å². The summed E-state index contributed by atoms with van der Waals surface area (Å²) in [6.45, 7) is 2.04. The summed E-state index contributed by atoms with van der Waals surface area (Å²) in [5, 5.41) is 0.863. The van der Waals surface area contributed by atoms with Crippen molar-refractivity contribution in [3.8, 4) is 17.2 Å². The molecule has 1 N–H and O–H groups in total. The number of H-pyrrole nitrogens is 1. The second-order valence-electron chi connectivity index (χ2n) is 7.28. The highest BCUT2D eigenvalue weighted by atomic mass is 16.5. The molecule has 1 amide bonds. The summed E-state index contributed by atoms with van der Waals surface area (Å²) in [5.74, 6) is 1.77. The molecule has 4 rings (SSSR count). The van der Waals surface area contributed by atoms with Crippen molar-refractivity contribution in [3.63, 3.8) is 0 Å². The Labute approximate surface area is 174 Å². The number of fused-ring (bicyclic) bond motifs is 2. The Morgan fingerprint density at radius 3 is 2.40 bits per heavy atom. The lowest BCUT2D eigenvalue weighted by Crippen LogP contribution is -2.41. The standard InChI is InChI=1S/C23H24N2O5/c1-13(26)25-8-7-14-10-20(29-3)21(30-4)12-17(14)22(25)18-9-15-5-6-16(28-2)11-19(15)24-23(18)27/h5-6,9-12,22H,7-8H2,1-4H3,(H,24,27). The summed E-state index contributed by atoms with van der Waals surface area (Å²) in [6.07, 6.45) is 0.675. The number of aromatic amines is 1. The number of rotatable bonds is 4. The summed E-state index contributed by atoms with van der Waals surface area (Å²) in [4.78, 5) is 30.2. The minimum Gasteiger partial charge on any atom is -0.497 e. The number of carbonyl (C=O) groups excluding carboxylic acids is 1. The molecule has 0 radical (unpaired) electrons. The average molecular weight is 408 g/mol. The van der Waals surface area contributed by atoms with Crippen molar-refractivity contribution < 1.29 is 19.0 Å². The number of amides is 1. The first-order valence-electron chi connectivity index (χ1n) is 9.69. The average Bonchev–Trinajstić information content (AvgIpc) is 2.76. The van der Waals surface area contributed by atoms with Gasteiger partial charge in [0.25, 0.3) is 5.56 Å². The molecule has 0 saturated carbocycles. The molecule has 0 saturated heterocycles. The van der Waals surface area contributed by atoms with Crippen LogP contribution in [0.5, 0.6) is 17.2 Å². The number of methoxy groups -OCH3 is 3. The highest BCUT2D eigenvalue weighted by Gasteiger charge is 2.33. The minimum absolute atomic E-state index is 0.0883. The smallest absolute Gasteiger partial charge is 0.254 e. The predicted octanol–water partition coefficient (Wildman–Crippen LogP) is 3.05. The number of nitrogens with one attached hydrogen (secondary N) is 1. The largest absolute Gasteiger partial charge is 0.497 e. The van der Waals surface area contributed by atoms with Crippen LogP contribution >= 0.6 is 0 Å². The van der Waals surface area contributed by atoms with Crippen LogP contribution in [-0.2, 0) is 11.2 Å². The fourth-order valence-corrected chi connectivity index (χ4v) is 4.15. The van der Waals surface area contributed by atoms with Gasteiger partial charge in [0, 0.05) is 25.1 Å². The van der Waals surface area contributed by atoms with Crippen molar-refractivity contribution in [2.75, 3.05) is 27.9 Å². The third kappa shape index (κ3) is 3.26. The van der Waals surface area contributed by atoms with Crippen molar-refractivity contribution in [1.82, 2.24) is 9.88 Å².